The Balaban J connectivity index is 1.94. The van der Waals surface area contributed by atoms with Crippen molar-refractivity contribution < 1.29 is 9.53 Å². The van der Waals surface area contributed by atoms with Gasteiger partial charge in [0, 0.05) is 10.7 Å². The Labute approximate surface area is 141 Å². The molecule has 0 radical (unpaired) electrons. The fourth-order valence-corrected chi connectivity index (χ4v) is 2.32. The number of rotatable bonds is 6. The summed E-state index contributed by atoms with van der Waals surface area (Å²) in [4.78, 5) is 12.0. The van der Waals surface area contributed by atoms with Crippen molar-refractivity contribution in [1.29, 1.82) is 0 Å². The molecule has 1 amide bonds. The van der Waals surface area contributed by atoms with Crippen LogP contribution in [0.1, 0.15) is 25.3 Å². The molecule has 2 rings (SSSR count). The zero-order valence-electron chi connectivity index (χ0n) is 13.5. The zero-order chi connectivity index (χ0) is 16.8. The summed E-state index contributed by atoms with van der Waals surface area (Å²) in [6.07, 6.45) is 0. The topological polar surface area (TPSA) is 50.4 Å². The lowest BCUT2D eigenvalue weighted by Crippen LogP contribution is -2.22. The molecule has 0 unspecified atom stereocenters. The van der Waals surface area contributed by atoms with E-state index >= 15 is 0 Å². The lowest BCUT2D eigenvalue weighted by molar-refractivity contribution is -0.114. The van der Waals surface area contributed by atoms with Gasteiger partial charge in [-0.1, -0.05) is 37.6 Å². The van der Waals surface area contributed by atoms with Gasteiger partial charge in [-0.15, -0.1) is 0 Å². The molecule has 0 aliphatic carbocycles. The van der Waals surface area contributed by atoms with Crippen molar-refractivity contribution in [1.82, 2.24) is 0 Å². The van der Waals surface area contributed by atoms with Crippen molar-refractivity contribution in [3.8, 4) is 5.75 Å². The van der Waals surface area contributed by atoms with E-state index in [1.165, 1.54) is 5.56 Å². The molecular formula is C18H21ClN2O2. The molecule has 122 valence electrons. The average molecular weight is 333 g/mol. The first kappa shape index (κ1) is 17.2. The van der Waals surface area contributed by atoms with Gasteiger partial charge in [0.1, 0.15) is 5.75 Å². The van der Waals surface area contributed by atoms with Crippen molar-refractivity contribution >= 4 is 28.9 Å². The number of methoxy groups -OCH3 is 1. The van der Waals surface area contributed by atoms with Gasteiger partial charge in [0.05, 0.1) is 19.3 Å². The van der Waals surface area contributed by atoms with Crippen LogP contribution in [0.2, 0.25) is 5.02 Å². The predicted octanol–water partition coefficient (Wildman–Crippen LogP) is 4.52. The molecule has 0 atom stereocenters. The van der Waals surface area contributed by atoms with Gasteiger partial charge >= 0.3 is 0 Å². The first-order valence-corrected chi connectivity index (χ1v) is 7.84. The van der Waals surface area contributed by atoms with Crippen molar-refractivity contribution in [3.05, 3.63) is 53.1 Å². The van der Waals surface area contributed by atoms with Gasteiger partial charge in [0.25, 0.3) is 0 Å². The van der Waals surface area contributed by atoms with Crippen molar-refractivity contribution in [2.24, 2.45) is 0 Å². The van der Waals surface area contributed by atoms with E-state index in [2.05, 4.69) is 24.5 Å². The summed E-state index contributed by atoms with van der Waals surface area (Å²) in [6, 6.07) is 13.1. The Morgan fingerprint density at radius 1 is 1.17 bits per heavy atom. The highest BCUT2D eigenvalue weighted by Gasteiger charge is 2.07. The first-order valence-electron chi connectivity index (χ1n) is 7.47. The van der Waals surface area contributed by atoms with Crippen LogP contribution in [0.15, 0.2) is 42.5 Å². The summed E-state index contributed by atoms with van der Waals surface area (Å²) < 4.78 is 5.23. The van der Waals surface area contributed by atoms with Gasteiger partial charge in [0.15, 0.2) is 0 Å². The summed E-state index contributed by atoms with van der Waals surface area (Å²) in [7, 11) is 1.57. The Kier molecular flexibility index (Phi) is 5.88. The number of hydrogen-bond donors (Lipinski definition) is 2. The van der Waals surface area contributed by atoms with E-state index in [1.54, 1.807) is 25.3 Å². The number of benzene rings is 2. The van der Waals surface area contributed by atoms with Crippen LogP contribution in [-0.4, -0.2) is 19.6 Å². The number of hydrogen-bond acceptors (Lipinski definition) is 3. The maximum Gasteiger partial charge on any atom is 0.243 e. The summed E-state index contributed by atoms with van der Waals surface area (Å²) >= 11 is 5.96. The second-order valence-electron chi connectivity index (χ2n) is 5.52. The summed E-state index contributed by atoms with van der Waals surface area (Å²) in [5.74, 6) is 0.976. The number of anilines is 2. The molecule has 23 heavy (non-hydrogen) atoms. The normalized spacial score (nSPS) is 10.5. The van der Waals surface area contributed by atoms with Gasteiger partial charge in [-0.3, -0.25) is 4.79 Å². The number of halogens is 1. The molecule has 5 heteroatoms. The minimum Gasteiger partial charge on any atom is -0.495 e. The molecule has 0 saturated heterocycles. The van der Waals surface area contributed by atoms with E-state index in [9.17, 15) is 4.79 Å². The van der Waals surface area contributed by atoms with E-state index in [0.717, 1.165) is 5.69 Å². The SMILES string of the molecule is COc1ccc(Cl)cc1NCC(=O)Nc1ccc(C(C)C)cc1. The maximum absolute atomic E-state index is 12.0. The number of carbonyl (C=O) groups is 1. The third kappa shape index (κ3) is 4.89. The molecule has 0 fully saturated rings. The van der Waals surface area contributed by atoms with Crippen LogP contribution in [-0.2, 0) is 4.79 Å². The second kappa shape index (κ2) is 7.88. The molecule has 0 aliphatic heterocycles. The van der Waals surface area contributed by atoms with Gasteiger partial charge in [0.2, 0.25) is 5.91 Å². The van der Waals surface area contributed by atoms with Gasteiger partial charge in [-0.2, -0.15) is 0 Å². The summed E-state index contributed by atoms with van der Waals surface area (Å²) in [6.45, 7) is 4.40. The minimum atomic E-state index is -0.135. The Hall–Kier alpha value is -2.20. The quantitative estimate of drug-likeness (QED) is 0.817. The van der Waals surface area contributed by atoms with Crippen LogP contribution in [0, 0.1) is 0 Å². The third-order valence-corrected chi connectivity index (χ3v) is 3.70. The van der Waals surface area contributed by atoms with Crippen LogP contribution >= 0.6 is 11.6 Å². The minimum absolute atomic E-state index is 0.128. The molecule has 2 N–H and O–H groups in total. The van der Waals surface area contributed by atoms with E-state index in [0.29, 0.717) is 22.4 Å². The molecule has 0 saturated carbocycles. The van der Waals surface area contributed by atoms with Crippen molar-refractivity contribution in [2.45, 2.75) is 19.8 Å². The van der Waals surface area contributed by atoms with Crippen LogP contribution in [0.5, 0.6) is 5.75 Å². The molecule has 2 aromatic carbocycles. The number of amides is 1. The Morgan fingerprint density at radius 2 is 1.87 bits per heavy atom. The smallest absolute Gasteiger partial charge is 0.243 e. The standard InChI is InChI=1S/C18H21ClN2O2/c1-12(2)13-4-7-15(8-5-13)21-18(22)11-20-16-10-14(19)6-9-17(16)23-3/h4-10,12,20H,11H2,1-3H3,(H,21,22). The lowest BCUT2D eigenvalue weighted by Gasteiger charge is -2.12. The number of ether oxygens (including phenoxy) is 1. The van der Waals surface area contributed by atoms with E-state index in [4.69, 9.17) is 16.3 Å². The fourth-order valence-electron chi connectivity index (χ4n) is 2.15. The highest BCUT2D eigenvalue weighted by atomic mass is 35.5. The van der Waals surface area contributed by atoms with Crippen LogP contribution in [0.4, 0.5) is 11.4 Å². The van der Waals surface area contributed by atoms with E-state index in [1.807, 2.05) is 24.3 Å². The zero-order valence-corrected chi connectivity index (χ0v) is 14.3. The highest BCUT2D eigenvalue weighted by Crippen LogP contribution is 2.27. The lowest BCUT2D eigenvalue weighted by atomic mass is 10.0. The average Bonchev–Trinajstić information content (AvgIpc) is 2.53. The Morgan fingerprint density at radius 3 is 2.48 bits per heavy atom. The molecule has 0 spiro atoms. The first-order chi connectivity index (χ1) is 11.0. The molecule has 4 nitrogen and oxygen atoms in total. The van der Waals surface area contributed by atoms with Crippen molar-refractivity contribution in [2.75, 3.05) is 24.3 Å². The van der Waals surface area contributed by atoms with Gasteiger partial charge in [-0.25, -0.2) is 0 Å². The van der Waals surface area contributed by atoms with E-state index < -0.39 is 0 Å². The number of nitrogens with one attached hydrogen (secondary N) is 2. The molecule has 2 aromatic rings. The molecular weight excluding hydrogens is 312 g/mol. The largest absolute Gasteiger partial charge is 0.495 e. The number of carbonyl (C=O) groups excluding carboxylic acids is 1. The predicted molar refractivity (Wildman–Crippen MR) is 95.7 cm³/mol. The monoisotopic (exact) mass is 332 g/mol. The van der Waals surface area contributed by atoms with Crippen molar-refractivity contribution in [3.63, 3.8) is 0 Å². The third-order valence-electron chi connectivity index (χ3n) is 3.46. The van der Waals surface area contributed by atoms with Crippen LogP contribution < -0.4 is 15.4 Å². The molecule has 0 aliphatic rings. The summed E-state index contributed by atoms with van der Waals surface area (Å²) in [5.41, 5.74) is 2.70. The second-order valence-corrected chi connectivity index (χ2v) is 5.96. The highest BCUT2D eigenvalue weighted by molar-refractivity contribution is 6.30. The molecule has 0 heterocycles. The Bertz CT molecular complexity index is 669. The summed E-state index contributed by atoms with van der Waals surface area (Å²) in [5, 5.41) is 6.47. The van der Waals surface area contributed by atoms with Crippen LogP contribution in [0.25, 0.3) is 0 Å². The fraction of sp³-hybridized carbons (Fsp3) is 0.278. The molecule has 0 aromatic heterocycles. The van der Waals surface area contributed by atoms with Crippen LogP contribution in [0.3, 0.4) is 0 Å². The van der Waals surface area contributed by atoms with E-state index in [-0.39, 0.29) is 12.5 Å². The van der Waals surface area contributed by atoms with Gasteiger partial charge < -0.3 is 15.4 Å². The maximum atomic E-state index is 12.0. The molecule has 0 bridgehead atoms. The van der Waals surface area contributed by atoms with Gasteiger partial charge in [-0.05, 0) is 41.8 Å².